The van der Waals surface area contributed by atoms with E-state index in [1.165, 1.54) is 0 Å². The summed E-state index contributed by atoms with van der Waals surface area (Å²) in [7, 11) is 0. The van der Waals surface area contributed by atoms with Crippen LogP contribution in [0.5, 0.6) is 0 Å². The second kappa shape index (κ2) is 9.41. The van der Waals surface area contributed by atoms with Gasteiger partial charge in [0.2, 0.25) is 11.8 Å². The molecule has 5 nitrogen and oxygen atoms in total. The highest BCUT2D eigenvalue weighted by Crippen LogP contribution is 2.24. The molecule has 1 fully saturated rings. The van der Waals surface area contributed by atoms with Gasteiger partial charge in [-0.15, -0.1) is 0 Å². The topological polar surface area (TPSA) is 58.6 Å². The Hall–Kier alpha value is -1.30. The summed E-state index contributed by atoms with van der Waals surface area (Å²) in [6, 6.07) is 4.40. The summed E-state index contributed by atoms with van der Waals surface area (Å²) in [6.45, 7) is 5.73. The van der Waals surface area contributed by atoms with Gasteiger partial charge in [-0.1, -0.05) is 37.0 Å². The molecule has 138 valence electrons. The summed E-state index contributed by atoms with van der Waals surface area (Å²) in [5.74, 6) is 0.169. The lowest BCUT2D eigenvalue weighted by atomic mass is 10.2. The maximum Gasteiger partial charge on any atom is 0.247 e. The van der Waals surface area contributed by atoms with Crippen LogP contribution in [-0.4, -0.2) is 42.5 Å². The average Bonchev–Trinajstić information content (AvgIpc) is 2.99. The Kier molecular flexibility index (Phi) is 7.54. The van der Waals surface area contributed by atoms with E-state index in [0.717, 1.165) is 6.42 Å². The number of hydrogen-bond acceptors (Lipinski definition) is 3. The molecule has 2 rings (SSSR count). The first kappa shape index (κ1) is 20.0. The van der Waals surface area contributed by atoms with E-state index in [9.17, 15) is 9.59 Å². The number of benzene rings is 1. The monoisotopic (exact) mass is 386 g/mol. The third-order valence-corrected chi connectivity index (χ3v) is 4.35. The number of carbonyl (C=O) groups is 2. The van der Waals surface area contributed by atoms with E-state index in [1.807, 2.05) is 0 Å². The Bertz CT molecular complexity index is 602. The van der Waals surface area contributed by atoms with Crippen LogP contribution in [0.25, 0.3) is 0 Å². The molecule has 1 aromatic carbocycles. The molecule has 0 radical (unpaired) electrons. The summed E-state index contributed by atoms with van der Waals surface area (Å²) >= 11 is 11.9. The van der Waals surface area contributed by atoms with Crippen molar-refractivity contribution in [1.29, 1.82) is 0 Å². The zero-order valence-corrected chi connectivity index (χ0v) is 16.1. The number of nitrogens with zero attached hydrogens (tertiary/aromatic N) is 1. The number of anilines is 1. The number of amides is 2. The summed E-state index contributed by atoms with van der Waals surface area (Å²) < 4.78 is 5.47. The van der Waals surface area contributed by atoms with Crippen LogP contribution in [0.15, 0.2) is 18.2 Å². The van der Waals surface area contributed by atoms with Gasteiger partial charge in [0.1, 0.15) is 6.04 Å². The predicted molar refractivity (Wildman–Crippen MR) is 100 cm³/mol. The molecule has 0 bridgehead atoms. The molecule has 1 aliphatic rings. The molecule has 0 aromatic heterocycles. The highest BCUT2D eigenvalue weighted by atomic mass is 35.5. The van der Waals surface area contributed by atoms with Crippen molar-refractivity contribution in [3.63, 3.8) is 0 Å². The second-order valence-electron chi connectivity index (χ2n) is 6.61. The summed E-state index contributed by atoms with van der Waals surface area (Å²) in [6.07, 6.45) is 1.76. The summed E-state index contributed by atoms with van der Waals surface area (Å²) in [5, 5.41) is 3.70. The first-order valence-corrected chi connectivity index (χ1v) is 9.26. The zero-order chi connectivity index (χ0) is 18.4. The molecule has 1 aromatic rings. The van der Waals surface area contributed by atoms with Gasteiger partial charge in [-0.05, 0) is 37.0 Å². The Balaban J connectivity index is 1.90. The summed E-state index contributed by atoms with van der Waals surface area (Å²) in [4.78, 5) is 26.6. The lowest BCUT2D eigenvalue weighted by molar-refractivity contribution is -0.137. The summed E-state index contributed by atoms with van der Waals surface area (Å²) in [5.41, 5.74) is 0.530. The molecule has 0 saturated carbocycles. The van der Waals surface area contributed by atoms with E-state index >= 15 is 0 Å². The second-order valence-corrected chi connectivity index (χ2v) is 7.48. The lowest BCUT2D eigenvalue weighted by Crippen LogP contribution is -2.43. The number of likely N-dealkylation sites (tertiary alicyclic amines) is 1. The highest BCUT2D eigenvalue weighted by molar-refractivity contribution is 6.35. The van der Waals surface area contributed by atoms with Crippen LogP contribution < -0.4 is 5.32 Å². The molecule has 1 saturated heterocycles. The smallest absolute Gasteiger partial charge is 0.247 e. The van der Waals surface area contributed by atoms with Gasteiger partial charge >= 0.3 is 0 Å². The van der Waals surface area contributed by atoms with Gasteiger partial charge in [0.25, 0.3) is 0 Å². The minimum atomic E-state index is -0.463. The van der Waals surface area contributed by atoms with Crippen LogP contribution >= 0.6 is 23.2 Å². The maximum atomic E-state index is 12.5. The van der Waals surface area contributed by atoms with Crippen molar-refractivity contribution in [2.75, 3.05) is 25.1 Å². The van der Waals surface area contributed by atoms with E-state index in [0.29, 0.717) is 54.3 Å². The first-order chi connectivity index (χ1) is 11.9. The third kappa shape index (κ3) is 6.17. The molecule has 0 spiro atoms. The molecule has 1 heterocycles. The maximum absolute atomic E-state index is 12.5. The lowest BCUT2D eigenvalue weighted by Gasteiger charge is -2.24. The standard InChI is InChI=1S/C18H24Cl2N2O3/c1-12(2)11-25-7-5-17(23)22-6-3-4-16(22)18(24)21-15-9-13(19)8-14(20)10-15/h8-10,12,16H,3-7,11H2,1-2H3,(H,21,24). The molecule has 7 heteroatoms. The first-order valence-electron chi connectivity index (χ1n) is 8.51. The van der Waals surface area contributed by atoms with Crippen LogP contribution in [0.3, 0.4) is 0 Å². The van der Waals surface area contributed by atoms with E-state index in [2.05, 4.69) is 19.2 Å². The molecule has 0 aliphatic carbocycles. The number of hydrogen-bond donors (Lipinski definition) is 1. The van der Waals surface area contributed by atoms with Gasteiger partial charge in [-0.2, -0.15) is 0 Å². The number of rotatable bonds is 7. The fourth-order valence-corrected chi connectivity index (χ4v) is 3.34. The fourth-order valence-electron chi connectivity index (χ4n) is 2.81. The van der Waals surface area contributed by atoms with Gasteiger partial charge in [0.15, 0.2) is 0 Å². The van der Waals surface area contributed by atoms with Gasteiger partial charge in [-0.3, -0.25) is 9.59 Å². The van der Waals surface area contributed by atoms with Gasteiger partial charge < -0.3 is 15.0 Å². The van der Waals surface area contributed by atoms with E-state index < -0.39 is 6.04 Å². The van der Waals surface area contributed by atoms with Crippen molar-refractivity contribution in [2.24, 2.45) is 5.92 Å². The van der Waals surface area contributed by atoms with Gasteiger partial charge in [0.05, 0.1) is 13.0 Å². The van der Waals surface area contributed by atoms with Crippen LogP contribution in [-0.2, 0) is 14.3 Å². The fraction of sp³-hybridized carbons (Fsp3) is 0.556. The molecular weight excluding hydrogens is 363 g/mol. The minimum absolute atomic E-state index is 0.0504. The number of ether oxygens (including phenoxy) is 1. The molecule has 2 amide bonds. The zero-order valence-electron chi connectivity index (χ0n) is 14.6. The van der Waals surface area contributed by atoms with Crippen molar-refractivity contribution < 1.29 is 14.3 Å². The van der Waals surface area contributed by atoms with Gasteiger partial charge in [-0.25, -0.2) is 0 Å². The molecule has 1 N–H and O–H groups in total. The quantitative estimate of drug-likeness (QED) is 0.720. The minimum Gasteiger partial charge on any atom is -0.381 e. The Labute approximate surface area is 158 Å². The number of nitrogens with one attached hydrogen (secondary N) is 1. The van der Waals surface area contributed by atoms with Crippen molar-refractivity contribution in [3.8, 4) is 0 Å². The van der Waals surface area contributed by atoms with Crippen LogP contribution in [0.1, 0.15) is 33.1 Å². The predicted octanol–water partition coefficient (Wildman–Crippen LogP) is 3.99. The van der Waals surface area contributed by atoms with Crippen LogP contribution in [0.2, 0.25) is 10.0 Å². The Morgan fingerprint density at radius 1 is 1.28 bits per heavy atom. The molecule has 1 unspecified atom stereocenters. The van der Waals surface area contributed by atoms with Gasteiger partial charge in [0, 0.05) is 28.9 Å². The third-order valence-electron chi connectivity index (χ3n) is 3.92. The Morgan fingerprint density at radius 2 is 1.96 bits per heavy atom. The SMILES string of the molecule is CC(C)COCCC(=O)N1CCCC1C(=O)Nc1cc(Cl)cc(Cl)c1. The van der Waals surface area contributed by atoms with Crippen LogP contribution in [0.4, 0.5) is 5.69 Å². The van der Waals surface area contributed by atoms with Crippen molar-refractivity contribution in [1.82, 2.24) is 4.90 Å². The number of halogens is 2. The average molecular weight is 387 g/mol. The molecular formula is C18H24Cl2N2O3. The van der Waals surface area contributed by atoms with Crippen molar-refractivity contribution >= 4 is 40.7 Å². The Morgan fingerprint density at radius 3 is 2.60 bits per heavy atom. The normalized spacial score (nSPS) is 17.2. The molecule has 1 aliphatic heterocycles. The number of carbonyl (C=O) groups excluding carboxylic acids is 2. The van der Waals surface area contributed by atoms with Crippen molar-refractivity contribution in [3.05, 3.63) is 28.2 Å². The molecule has 25 heavy (non-hydrogen) atoms. The largest absolute Gasteiger partial charge is 0.381 e. The highest BCUT2D eigenvalue weighted by Gasteiger charge is 2.33. The molecule has 1 atom stereocenters. The van der Waals surface area contributed by atoms with Crippen LogP contribution in [0, 0.1) is 5.92 Å². The van der Waals surface area contributed by atoms with Crippen molar-refractivity contribution in [2.45, 2.75) is 39.2 Å². The van der Waals surface area contributed by atoms with E-state index in [-0.39, 0.29) is 11.8 Å². The van der Waals surface area contributed by atoms with E-state index in [4.69, 9.17) is 27.9 Å². The van der Waals surface area contributed by atoms with E-state index in [1.54, 1.807) is 23.1 Å².